The number of nitrogens with zero attached hydrogens (tertiary/aromatic N) is 2. The van der Waals surface area contributed by atoms with Gasteiger partial charge in [0.05, 0.1) is 17.0 Å². The van der Waals surface area contributed by atoms with Gasteiger partial charge in [0, 0.05) is 15.7 Å². The smallest absolute Gasteiger partial charge is 0.267 e. The van der Waals surface area contributed by atoms with Crippen molar-refractivity contribution in [1.29, 1.82) is 0 Å². The number of thiophene rings is 1. The molecule has 1 aliphatic rings. The van der Waals surface area contributed by atoms with Gasteiger partial charge in [-0.2, -0.15) is 0 Å². The molecule has 0 spiro atoms. The second kappa shape index (κ2) is 8.15. The number of fused-ring (bicyclic) bond motifs is 3. The summed E-state index contributed by atoms with van der Waals surface area (Å²) >= 11 is 9.12. The van der Waals surface area contributed by atoms with Crippen LogP contribution >= 0.6 is 34.7 Å². The van der Waals surface area contributed by atoms with Gasteiger partial charge >= 0.3 is 0 Å². The minimum atomic E-state index is -1.20. The summed E-state index contributed by atoms with van der Waals surface area (Å²) in [6.07, 6.45) is 3.00. The number of benzene rings is 2. The fourth-order valence-corrected chi connectivity index (χ4v) is 6.22. The summed E-state index contributed by atoms with van der Waals surface area (Å²) in [5.74, 6) is -0.655. The van der Waals surface area contributed by atoms with Crippen molar-refractivity contribution in [2.75, 3.05) is 0 Å². The lowest BCUT2D eigenvalue weighted by Gasteiger charge is -2.13. The Kier molecular flexibility index (Phi) is 5.33. The number of halogens is 1. The molecule has 2 aromatic heterocycles. The lowest BCUT2D eigenvalue weighted by molar-refractivity contribution is -0.255. The molecule has 0 bridgehead atoms. The Morgan fingerprint density at radius 2 is 1.87 bits per heavy atom. The van der Waals surface area contributed by atoms with Crippen LogP contribution in [-0.4, -0.2) is 15.5 Å². The van der Waals surface area contributed by atoms with E-state index in [1.54, 1.807) is 40.2 Å². The molecule has 8 heteroatoms. The maximum Gasteiger partial charge on any atom is 0.267 e. The van der Waals surface area contributed by atoms with Crippen LogP contribution in [0.2, 0.25) is 5.02 Å². The molecule has 5 nitrogen and oxygen atoms in total. The summed E-state index contributed by atoms with van der Waals surface area (Å²) in [7, 11) is 0. The first-order valence-corrected chi connectivity index (χ1v) is 12.0. The van der Waals surface area contributed by atoms with Crippen LogP contribution in [0.15, 0.2) is 58.5 Å². The summed E-state index contributed by atoms with van der Waals surface area (Å²) in [6.45, 7) is 0. The summed E-state index contributed by atoms with van der Waals surface area (Å²) < 4.78 is 1.66. The Morgan fingerprint density at radius 3 is 2.58 bits per heavy atom. The maximum atomic E-state index is 13.6. The van der Waals surface area contributed by atoms with E-state index in [1.165, 1.54) is 28.8 Å². The molecule has 0 fully saturated rings. The van der Waals surface area contributed by atoms with E-state index in [1.807, 2.05) is 12.1 Å². The fourth-order valence-electron chi connectivity index (χ4n) is 3.82. The van der Waals surface area contributed by atoms with Crippen LogP contribution in [0.1, 0.15) is 32.8 Å². The highest BCUT2D eigenvalue weighted by molar-refractivity contribution is 7.98. The third kappa shape index (κ3) is 3.78. The molecule has 0 N–H and O–H groups in total. The van der Waals surface area contributed by atoms with Crippen LogP contribution in [0.5, 0.6) is 0 Å². The zero-order chi connectivity index (χ0) is 21.5. The van der Waals surface area contributed by atoms with Crippen molar-refractivity contribution >= 4 is 50.9 Å². The van der Waals surface area contributed by atoms with Crippen LogP contribution in [0, 0.1) is 0 Å². The van der Waals surface area contributed by atoms with Gasteiger partial charge in [-0.15, -0.1) is 11.3 Å². The van der Waals surface area contributed by atoms with Gasteiger partial charge in [-0.05, 0) is 60.2 Å². The molecule has 0 aliphatic heterocycles. The number of carbonyl (C=O) groups excluding carboxylic acids is 1. The quantitative estimate of drug-likeness (QED) is 0.324. The molecule has 0 radical (unpaired) electrons. The molecule has 0 saturated heterocycles. The van der Waals surface area contributed by atoms with Gasteiger partial charge < -0.3 is 9.90 Å². The number of carboxylic acid groups (broad SMARTS) is 1. The van der Waals surface area contributed by atoms with Crippen molar-refractivity contribution in [3.05, 3.63) is 85.5 Å². The number of thioether (sulfide) groups is 1. The van der Waals surface area contributed by atoms with Crippen molar-refractivity contribution in [1.82, 2.24) is 9.55 Å². The first-order valence-electron chi connectivity index (χ1n) is 9.77. The Bertz CT molecular complexity index is 1360. The Labute approximate surface area is 191 Å². The predicted molar refractivity (Wildman–Crippen MR) is 123 cm³/mol. The number of hydrogen-bond acceptors (Lipinski definition) is 6. The minimum Gasteiger partial charge on any atom is -0.545 e. The normalized spacial score (nSPS) is 12.9. The number of carbonyl (C=O) groups is 1. The Morgan fingerprint density at radius 1 is 1.13 bits per heavy atom. The molecule has 2 aromatic carbocycles. The van der Waals surface area contributed by atoms with E-state index in [0.717, 1.165) is 46.3 Å². The highest BCUT2D eigenvalue weighted by Gasteiger charge is 2.24. The van der Waals surface area contributed by atoms with E-state index in [-0.39, 0.29) is 11.1 Å². The average Bonchev–Trinajstić information content (AvgIpc) is 3.34. The summed E-state index contributed by atoms with van der Waals surface area (Å²) in [4.78, 5) is 31.5. The molecule has 0 amide bonds. The molecule has 0 atom stereocenters. The highest BCUT2D eigenvalue weighted by Crippen LogP contribution is 2.36. The summed E-state index contributed by atoms with van der Waals surface area (Å²) in [5, 5.41) is 12.9. The summed E-state index contributed by atoms with van der Waals surface area (Å²) in [5.41, 5.74) is 2.88. The third-order valence-corrected chi connectivity index (χ3v) is 7.80. The van der Waals surface area contributed by atoms with Crippen molar-refractivity contribution in [2.24, 2.45) is 0 Å². The van der Waals surface area contributed by atoms with Gasteiger partial charge in [0.1, 0.15) is 4.83 Å². The van der Waals surface area contributed by atoms with E-state index in [0.29, 0.717) is 15.9 Å². The number of hydrogen-bond donors (Lipinski definition) is 0. The fraction of sp³-hybridized carbons (Fsp3) is 0.174. The molecule has 0 saturated carbocycles. The van der Waals surface area contributed by atoms with Gasteiger partial charge in [0.2, 0.25) is 0 Å². The van der Waals surface area contributed by atoms with Gasteiger partial charge in [-0.1, -0.05) is 47.6 Å². The van der Waals surface area contributed by atoms with Crippen LogP contribution in [-0.2, 0) is 18.6 Å². The van der Waals surface area contributed by atoms with Crippen molar-refractivity contribution in [3.8, 4) is 5.69 Å². The van der Waals surface area contributed by atoms with Crippen LogP contribution in [0.25, 0.3) is 15.9 Å². The van der Waals surface area contributed by atoms with Crippen molar-refractivity contribution in [3.63, 3.8) is 0 Å². The number of aryl methyl sites for hydroxylation is 2. The van der Waals surface area contributed by atoms with E-state index in [4.69, 9.17) is 16.6 Å². The summed E-state index contributed by atoms with van der Waals surface area (Å²) in [6, 6.07) is 13.7. The van der Waals surface area contributed by atoms with E-state index < -0.39 is 5.97 Å². The molecule has 0 unspecified atom stereocenters. The second-order valence-corrected chi connectivity index (χ2v) is 9.78. The standard InChI is InChI=1S/C23H17ClN2O3S2/c24-15-8-10-16(11-9-15)26-21(27)19-17-2-1-3-18(17)31-20(19)25-23(26)30-12-13-4-6-14(7-5-13)22(28)29/h4-11H,1-3,12H2,(H,28,29)/p-1. The molecular weight excluding hydrogens is 452 g/mol. The van der Waals surface area contributed by atoms with Gasteiger partial charge in [-0.3, -0.25) is 9.36 Å². The molecule has 4 aromatic rings. The zero-order valence-electron chi connectivity index (χ0n) is 16.3. The zero-order valence-corrected chi connectivity index (χ0v) is 18.6. The number of aromatic carboxylic acids is 1. The van der Waals surface area contributed by atoms with Crippen LogP contribution in [0.3, 0.4) is 0 Å². The van der Waals surface area contributed by atoms with Crippen molar-refractivity contribution < 1.29 is 9.90 Å². The Hall–Kier alpha value is -2.61. The van der Waals surface area contributed by atoms with Gasteiger partial charge in [-0.25, -0.2) is 4.98 Å². The molecular formula is C23H16ClN2O3S2-. The molecule has 1 aliphatic carbocycles. The van der Waals surface area contributed by atoms with Crippen molar-refractivity contribution in [2.45, 2.75) is 30.2 Å². The van der Waals surface area contributed by atoms with Crippen LogP contribution < -0.4 is 10.7 Å². The van der Waals surface area contributed by atoms with E-state index >= 15 is 0 Å². The second-order valence-electron chi connectivity index (χ2n) is 7.32. The number of rotatable bonds is 5. The molecule has 2 heterocycles. The largest absolute Gasteiger partial charge is 0.545 e. The first-order chi connectivity index (χ1) is 15.0. The third-order valence-electron chi connectivity index (χ3n) is 5.35. The number of aromatic nitrogens is 2. The predicted octanol–water partition coefficient (Wildman–Crippen LogP) is 4.25. The number of carboxylic acids is 1. The van der Waals surface area contributed by atoms with Gasteiger partial charge in [0.25, 0.3) is 5.56 Å². The maximum absolute atomic E-state index is 13.6. The van der Waals surface area contributed by atoms with Crippen LogP contribution in [0.4, 0.5) is 0 Å². The highest BCUT2D eigenvalue weighted by atomic mass is 35.5. The molecule has 156 valence electrons. The molecule has 31 heavy (non-hydrogen) atoms. The van der Waals surface area contributed by atoms with Gasteiger partial charge in [0.15, 0.2) is 5.16 Å². The lowest BCUT2D eigenvalue weighted by atomic mass is 10.1. The SMILES string of the molecule is O=C([O-])c1ccc(CSc2nc3sc4c(c3c(=O)n2-c2ccc(Cl)cc2)CCC4)cc1. The topological polar surface area (TPSA) is 75.0 Å². The Balaban J connectivity index is 1.59. The average molecular weight is 468 g/mol. The lowest BCUT2D eigenvalue weighted by Crippen LogP contribution is -2.22. The monoisotopic (exact) mass is 467 g/mol. The first kappa shape index (κ1) is 20.3. The molecule has 5 rings (SSSR count). The van der Waals surface area contributed by atoms with E-state index in [9.17, 15) is 14.7 Å². The van der Waals surface area contributed by atoms with E-state index in [2.05, 4.69) is 0 Å². The minimum absolute atomic E-state index is 0.0541.